The van der Waals surface area contributed by atoms with Gasteiger partial charge in [0.25, 0.3) is 10.0 Å². The molecule has 2 aromatic heterocycles. The molecule has 0 radical (unpaired) electrons. The number of carboxylic acid groups (broad SMARTS) is 1. The summed E-state index contributed by atoms with van der Waals surface area (Å²) < 4.78 is 26.3. The average Bonchev–Trinajstić information content (AvgIpc) is 2.78. The summed E-state index contributed by atoms with van der Waals surface area (Å²) >= 11 is 0.694. The van der Waals surface area contributed by atoms with E-state index in [0.717, 1.165) is 0 Å². The van der Waals surface area contributed by atoms with Crippen LogP contribution in [-0.4, -0.2) is 24.5 Å². The van der Waals surface area contributed by atoms with Crippen molar-refractivity contribution in [1.82, 2.24) is 4.98 Å². The van der Waals surface area contributed by atoms with Gasteiger partial charge in [-0.3, -0.25) is 4.72 Å². The lowest BCUT2D eigenvalue weighted by Gasteiger charge is -2.05. The molecule has 0 saturated heterocycles. The molecular formula is C11H10N2O4S2. The third-order valence-electron chi connectivity index (χ3n) is 2.18. The zero-order chi connectivity index (χ0) is 14.0. The van der Waals surface area contributed by atoms with E-state index in [0.29, 0.717) is 17.0 Å². The van der Waals surface area contributed by atoms with Crippen molar-refractivity contribution in [2.75, 3.05) is 4.72 Å². The number of nitrogens with one attached hydrogen (secondary N) is 1. The molecule has 0 unspecified atom stereocenters. The highest BCUT2D eigenvalue weighted by molar-refractivity contribution is 7.94. The smallest absolute Gasteiger partial charge is 0.345 e. The van der Waals surface area contributed by atoms with Gasteiger partial charge in [-0.2, -0.15) is 0 Å². The standard InChI is InChI=1S/C11H10N2O4S2/c1-7-3-2-4-9(12-7)13-19(16,17)10-6-5-8(18-10)11(14)15/h2-6H,1H3,(H,12,13)(H,14,15). The van der Waals surface area contributed by atoms with Crippen LogP contribution in [0.15, 0.2) is 34.5 Å². The van der Waals surface area contributed by atoms with Crippen LogP contribution in [-0.2, 0) is 10.0 Å². The lowest BCUT2D eigenvalue weighted by atomic mass is 10.4. The number of aromatic nitrogens is 1. The predicted octanol–water partition coefficient (Wildman–Crippen LogP) is 1.95. The monoisotopic (exact) mass is 298 g/mol. The maximum Gasteiger partial charge on any atom is 0.345 e. The van der Waals surface area contributed by atoms with Gasteiger partial charge in [0, 0.05) is 5.69 Å². The van der Waals surface area contributed by atoms with E-state index < -0.39 is 16.0 Å². The van der Waals surface area contributed by atoms with Gasteiger partial charge in [0.1, 0.15) is 14.9 Å². The molecule has 0 fully saturated rings. The molecule has 100 valence electrons. The lowest BCUT2D eigenvalue weighted by molar-refractivity contribution is 0.0702. The van der Waals surface area contributed by atoms with E-state index in [1.807, 2.05) is 0 Å². The third kappa shape index (κ3) is 3.09. The zero-order valence-corrected chi connectivity index (χ0v) is 11.5. The Labute approximate surface area is 113 Å². The number of hydrogen-bond donors (Lipinski definition) is 2. The Kier molecular flexibility index (Phi) is 3.54. The second kappa shape index (κ2) is 4.98. The molecule has 6 nitrogen and oxygen atoms in total. The number of rotatable bonds is 4. The second-order valence-corrected chi connectivity index (χ2v) is 6.69. The van der Waals surface area contributed by atoms with E-state index in [1.165, 1.54) is 18.2 Å². The lowest BCUT2D eigenvalue weighted by Crippen LogP contribution is -2.12. The molecule has 8 heteroatoms. The topological polar surface area (TPSA) is 96.4 Å². The van der Waals surface area contributed by atoms with Crippen molar-refractivity contribution >= 4 is 33.1 Å². The first-order chi connectivity index (χ1) is 8.88. The van der Waals surface area contributed by atoms with Gasteiger partial charge < -0.3 is 5.11 Å². The quantitative estimate of drug-likeness (QED) is 0.899. The van der Waals surface area contributed by atoms with Crippen LogP contribution < -0.4 is 4.72 Å². The number of aromatic carboxylic acids is 1. The molecule has 0 aliphatic heterocycles. The SMILES string of the molecule is Cc1cccc(NS(=O)(=O)c2ccc(C(=O)O)s2)n1. The number of carboxylic acids is 1. The van der Waals surface area contributed by atoms with E-state index in [-0.39, 0.29) is 14.9 Å². The summed E-state index contributed by atoms with van der Waals surface area (Å²) in [4.78, 5) is 14.7. The Morgan fingerprint density at radius 3 is 2.63 bits per heavy atom. The fourth-order valence-corrected chi connectivity index (χ4v) is 3.51. The van der Waals surface area contributed by atoms with Crippen molar-refractivity contribution in [1.29, 1.82) is 0 Å². The summed E-state index contributed by atoms with van der Waals surface area (Å²) in [5.74, 6) is -0.953. The van der Waals surface area contributed by atoms with Gasteiger partial charge in [0.15, 0.2) is 0 Å². The van der Waals surface area contributed by atoms with Gasteiger partial charge in [-0.1, -0.05) is 6.07 Å². The molecule has 2 rings (SSSR count). The molecular weight excluding hydrogens is 288 g/mol. The minimum Gasteiger partial charge on any atom is -0.477 e. The highest BCUT2D eigenvalue weighted by Crippen LogP contribution is 2.23. The fourth-order valence-electron chi connectivity index (χ4n) is 1.37. The van der Waals surface area contributed by atoms with Crippen LogP contribution >= 0.6 is 11.3 Å². The van der Waals surface area contributed by atoms with E-state index in [1.54, 1.807) is 19.1 Å². The number of hydrogen-bond acceptors (Lipinski definition) is 5. The Balaban J connectivity index is 2.29. The van der Waals surface area contributed by atoms with Gasteiger partial charge in [-0.15, -0.1) is 11.3 Å². The molecule has 0 spiro atoms. The summed E-state index contributed by atoms with van der Waals surface area (Å²) in [7, 11) is -3.80. The summed E-state index contributed by atoms with van der Waals surface area (Å²) in [5, 5.41) is 8.77. The molecule has 2 N–H and O–H groups in total. The fraction of sp³-hybridized carbons (Fsp3) is 0.0909. The molecule has 0 saturated carbocycles. The Bertz CT molecular complexity index is 722. The minimum absolute atomic E-state index is 0.0300. The van der Waals surface area contributed by atoms with Crippen LogP contribution in [0.3, 0.4) is 0 Å². The van der Waals surface area contributed by atoms with Crippen molar-refractivity contribution in [3.8, 4) is 0 Å². The maximum atomic E-state index is 12.0. The molecule has 2 aromatic rings. The number of carbonyl (C=O) groups is 1. The Morgan fingerprint density at radius 2 is 2.05 bits per heavy atom. The minimum atomic E-state index is -3.80. The van der Waals surface area contributed by atoms with Crippen molar-refractivity contribution in [3.63, 3.8) is 0 Å². The first-order valence-electron chi connectivity index (χ1n) is 5.18. The van der Waals surface area contributed by atoms with E-state index in [4.69, 9.17) is 5.11 Å². The van der Waals surface area contributed by atoms with Gasteiger partial charge >= 0.3 is 5.97 Å². The Morgan fingerprint density at radius 1 is 1.32 bits per heavy atom. The number of pyridine rings is 1. The number of sulfonamides is 1. The normalized spacial score (nSPS) is 11.2. The Hall–Kier alpha value is -1.93. The number of thiophene rings is 1. The molecule has 0 aliphatic rings. The molecule has 19 heavy (non-hydrogen) atoms. The molecule has 0 aliphatic carbocycles. The molecule has 0 amide bonds. The van der Waals surface area contributed by atoms with Crippen LogP contribution in [0, 0.1) is 6.92 Å². The van der Waals surface area contributed by atoms with E-state index in [2.05, 4.69) is 9.71 Å². The van der Waals surface area contributed by atoms with Crippen LogP contribution in [0.5, 0.6) is 0 Å². The van der Waals surface area contributed by atoms with E-state index >= 15 is 0 Å². The van der Waals surface area contributed by atoms with Gasteiger partial charge in [0.05, 0.1) is 0 Å². The van der Waals surface area contributed by atoms with Crippen LogP contribution in [0.4, 0.5) is 5.82 Å². The van der Waals surface area contributed by atoms with Crippen molar-refractivity contribution in [2.45, 2.75) is 11.1 Å². The summed E-state index contributed by atoms with van der Waals surface area (Å²) in [5.41, 5.74) is 0.678. The van der Waals surface area contributed by atoms with Crippen LogP contribution in [0.1, 0.15) is 15.4 Å². The first-order valence-corrected chi connectivity index (χ1v) is 7.48. The summed E-state index contributed by atoms with van der Waals surface area (Å²) in [6, 6.07) is 7.45. The van der Waals surface area contributed by atoms with Gasteiger partial charge in [-0.25, -0.2) is 18.2 Å². The summed E-state index contributed by atoms with van der Waals surface area (Å²) in [6.07, 6.45) is 0. The number of aryl methyl sites for hydroxylation is 1. The zero-order valence-electron chi connectivity index (χ0n) is 9.82. The average molecular weight is 298 g/mol. The van der Waals surface area contributed by atoms with Gasteiger partial charge in [-0.05, 0) is 31.2 Å². The van der Waals surface area contributed by atoms with Gasteiger partial charge in [0.2, 0.25) is 0 Å². The molecule has 0 aromatic carbocycles. The number of nitrogens with zero attached hydrogens (tertiary/aromatic N) is 1. The van der Waals surface area contributed by atoms with Crippen LogP contribution in [0.25, 0.3) is 0 Å². The molecule has 2 heterocycles. The number of anilines is 1. The highest BCUT2D eigenvalue weighted by Gasteiger charge is 2.19. The summed E-state index contributed by atoms with van der Waals surface area (Å²) in [6.45, 7) is 1.74. The predicted molar refractivity (Wildman–Crippen MR) is 71.1 cm³/mol. The van der Waals surface area contributed by atoms with E-state index in [9.17, 15) is 13.2 Å². The third-order valence-corrected chi connectivity index (χ3v) is 5.10. The van der Waals surface area contributed by atoms with Crippen LogP contribution in [0.2, 0.25) is 0 Å². The van der Waals surface area contributed by atoms with Crippen molar-refractivity contribution in [2.24, 2.45) is 0 Å². The molecule has 0 atom stereocenters. The first kappa shape index (κ1) is 13.5. The second-order valence-electron chi connectivity index (χ2n) is 3.69. The maximum absolute atomic E-state index is 12.0. The van der Waals surface area contributed by atoms with Crippen molar-refractivity contribution < 1.29 is 18.3 Å². The molecule has 0 bridgehead atoms. The van der Waals surface area contributed by atoms with Crippen molar-refractivity contribution in [3.05, 3.63) is 40.9 Å². The highest BCUT2D eigenvalue weighted by atomic mass is 32.2. The largest absolute Gasteiger partial charge is 0.477 e.